The van der Waals surface area contributed by atoms with Gasteiger partial charge in [0.15, 0.2) is 12.4 Å². The van der Waals surface area contributed by atoms with Gasteiger partial charge in [-0.3, -0.25) is 14.6 Å². The molecule has 8 nitrogen and oxygen atoms in total. The Bertz CT molecular complexity index is 1000. The number of amides is 2. The maximum Gasteiger partial charge on any atom is 0.338 e. The van der Waals surface area contributed by atoms with Crippen molar-refractivity contribution in [2.45, 2.75) is 5.75 Å². The molecule has 0 bridgehead atoms. The third-order valence-corrected chi connectivity index (χ3v) is 7.43. The number of carbonyl (C=O) groups is 3. The first-order valence-electron chi connectivity index (χ1n) is 10.3. The number of ether oxygens (including phenoxy) is 1. The highest BCUT2D eigenvalue weighted by Gasteiger charge is 2.26. The van der Waals surface area contributed by atoms with Crippen LogP contribution in [0.5, 0.6) is 0 Å². The van der Waals surface area contributed by atoms with Crippen LogP contribution in [-0.4, -0.2) is 77.0 Å². The minimum absolute atomic E-state index is 0.190. The minimum Gasteiger partial charge on any atom is -0.459 e. The van der Waals surface area contributed by atoms with Crippen molar-refractivity contribution in [3.63, 3.8) is 0 Å². The van der Waals surface area contributed by atoms with Gasteiger partial charge in [-0.15, -0.1) is 0 Å². The van der Waals surface area contributed by atoms with Crippen LogP contribution in [0.3, 0.4) is 0 Å². The number of aliphatic imine (C=N–C) groups is 1. The summed E-state index contributed by atoms with van der Waals surface area (Å²) in [6, 6.07) is 10.6. The van der Waals surface area contributed by atoms with Crippen molar-refractivity contribution in [3.05, 3.63) is 59.5 Å². The highest BCUT2D eigenvalue weighted by molar-refractivity contribution is 8.38. The lowest BCUT2D eigenvalue weighted by Crippen LogP contribution is -2.51. The molecule has 1 aromatic heterocycles. The fourth-order valence-corrected chi connectivity index (χ4v) is 5.41. The molecule has 4 rings (SSSR count). The Morgan fingerprint density at radius 3 is 2.56 bits per heavy atom. The van der Waals surface area contributed by atoms with Crippen LogP contribution in [0.2, 0.25) is 0 Å². The van der Waals surface area contributed by atoms with Gasteiger partial charge in [-0.05, 0) is 23.8 Å². The third-order valence-electron chi connectivity index (χ3n) is 5.12. The van der Waals surface area contributed by atoms with Gasteiger partial charge in [0, 0.05) is 37.7 Å². The lowest BCUT2D eigenvalue weighted by molar-refractivity contribution is -0.136. The van der Waals surface area contributed by atoms with E-state index in [1.807, 2.05) is 12.1 Å². The van der Waals surface area contributed by atoms with Crippen LogP contribution < -0.4 is 0 Å². The summed E-state index contributed by atoms with van der Waals surface area (Å²) in [5.41, 5.74) is 1.32. The van der Waals surface area contributed by atoms with Gasteiger partial charge in [0.25, 0.3) is 11.8 Å². The van der Waals surface area contributed by atoms with Crippen molar-refractivity contribution in [3.8, 4) is 0 Å². The van der Waals surface area contributed by atoms with E-state index in [0.717, 1.165) is 22.2 Å². The average molecular weight is 474 g/mol. The van der Waals surface area contributed by atoms with Gasteiger partial charge >= 0.3 is 5.97 Å². The van der Waals surface area contributed by atoms with Crippen molar-refractivity contribution >= 4 is 45.7 Å². The molecule has 2 aromatic rings. The second kappa shape index (κ2) is 10.7. The molecule has 10 heteroatoms. The summed E-state index contributed by atoms with van der Waals surface area (Å²) in [6.45, 7) is 2.09. The smallest absolute Gasteiger partial charge is 0.338 e. The Balaban J connectivity index is 1.25. The molecule has 0 saturated carbocycles. The summed E-state index contributed by atoms with van der Waals surface area (Å²) >= 11 is 3.33. The number of hydrogen-bond acceptors (Lipinski definition) is 8. The molecule has 0 atom stereocenters. The molecule has 0 unspecified atom stereocenters. The Morgan fingerprint density at radius 1 is 1.06 bits per heavy atom. The molecular weight excluding hydrogens is 450 g/mol. The van der Waals surface area contributed by atoms with Gasteiger partial charge in [-0.25, -0.2) is 4.79 Å². The number of carbonyl (C=O) groups excluding carboxylic acids is 3. The average Bonchev–Trinajstić information content (AvgIpc) is 3.55. The molecule has 0 radical (unpaired) electrons. The number of nitrogens with zero attached hydrogens (tertiary/aromatic N) is 3. The van der Waals surface area contributed by atoms with Gasteiger partial charge in [0.05, 0.1) is 18.4 Å². The SMILES string of the molecule is O=C(OCC(=O)N1CCN(C(=O)c2ccco2)CC1)c1ccccc1CSC1=NCCS1. The largest absolute Gasteiger partial charge is 0.459 e. The molecule has 32 heavy (non-hydrogen) atoms. The molecule has 1 saturated heterocycles. The van der Waals surface area contributed by atoms with E-state index in [-0.39, 0.29) is 24.2 Å². The molecule has 3 heterocycles. The second-order valence-corrected chi connectivity index (χ2v) is 9.47. The first-order valence-corrected chi connectivity index (χ1v) is 12.2. The number of esters is 1. The van der Waals surface area contributed by atoms with Crippen molar-refractivity contribution in [2.24, 2.45) is 4.99 Å². The molecule has 0 aliphatic carbocycles. The van der Waals surface area contributed by atoms with E-state index in [0.29, 0.717) is 37.5 Å². The molecule has 0 spiro atoms. The van der Waals surface area contributed by atoms with Gasteiger partial charge in [0.1, 0.15) is 4.38 Å². The summed E-state index contributed by atoms with van der Waals surface area (Å²) in [5.74, 6) is 0.934. The van der Waals surface area contributed by atoms with E-state index in [2.05, 4.69) is 4.99 Å². The highest BCUT2D eigenvalue weighted by Crippen LogP contribution is 2.26. The Kier molecular flexibility index (Phi) is 7.54. The zero-order chi connectivity index (χ0) is 22.3. The standard InChI is InChI=1S/C22H23N3O5S2/c26-19(24-8-10-25(11-9-24)20(27)18-6-3-12-29-18)14-30-21(28)17-5-2-1-4-16(17)15-32-22-23-7-13-31-22/h1-6,12H,7-11,13-15H2. The van der Waals surface area contributed by atoms with E-state index in [1.54, 1.807) is 57.6 Å². The van der Waals surface area contributed by atoms with Crippen LogP contribution >= 0.6 is 23.5 Å². The topological polar surface area (TPSA) is 92.4 Å². The fraction of sp³-hybridized carbons (Fsp3) is 0.364. The van der Waals surface area contributed by atoms with E-state index < -0.39 is 5.97 Å². The summed E-state index contributed by atoms with van der Waals surface area (Å²) in [7, 11) is 0. The zero-order valence-electron chi connectivity index (χ0n) is 17.4. The lowest BCUT2D eigenvalue weighted by Gasteiger charge is -2.34. The Morgan fingerprint density at radius 2 is 1.84 bits per heavy atom. The van der Waals surface area contributed by atoms with Crippen LogP contribution in [0, 0.1) is 0 Å². The van der Waals surface area contributed by atoms with Crippen LogP contribution in [0.25, 0.3) is 0 Å². The van der Waals surface area contributed by atoms with E-state index in [9.17, 15) is 14.4 Å². The Hall–Kier alpha value is -2.72. The minimum atomic E-state index is -0.512. The summed E-state index contributed by atoms with van der Waals surface area (Å²) < 4.78 is 11.5. The molecule has 0 N–H and O–H groups in total. The van der Waals surface area contributed by atoms with Gasteiger partial charge in [-0.1, -0.05) is 41.7 Å². The van der Waals surface area contributed by atoms with Gasteiger partial charge in [-0.2, -0.15) is 0 Å². The normalized spacial score (nSPS) is 16.1. The summed E-state index contributed by atoms with van der Waals surface area (Å²) in [5, 5.41) is 0. The third kappa shape index (κ3) is 5.55. The first kappa shape index (κ1) is 22.5. The molecule has 168 valence electrons. The predicted molar refractivity (Wildman–Crippen MR) is 124 cm³/mol. The molecule has 2 aliphatic rings. The fourth-order valence-electron chi connectivity index (χ4n) is 3.40. The maximum absolute atomic E-state index is 12.6. The predicted octanol–water partition coefficient (Wildman–Crippen LogP) is 2.76. The zero-order valence-corrected chi connectivity index (χ0v) is 19.0. The van der Waals surface area contributed by atoms with Crippen molar-refractivity contribution in [1.29, 1.82) is 0 Å². The number of furan rings is 1. The van der Waals surface area contributed by atoms with Crippen LogP contribution in [0.15, 0.2) is 52.1 Å². The van der Waals surface area contributed by atoms with Crippen LogP contribution in [-0.2, 0) is 15.3 Å². The van der Waals surface area contributed by atoms with E-state index >= 15 is 0 Å². The van der Waals surface area contributed by atoms with Crippen molar-refractivity contribution < 1.29 is 23.5 Å². The first-order chi connectivity index (χ1) is 15.6. The number of piperazine rings is 1. The van der Waals surface area contributed by atoms with E-state index in [1.165, 1.54) is 6.26 Å². The number of benzene rings is 1. The van der Waals surface area contributed by atoms with Crippen LogP contribution in [0.4, 0.5) is 0 Å². The highest BCUT2D eigenvalue weighted by atomic mass is 32.2. The van der Waals surface area contributed by atoms with Gasteiger partial charge in [0.2, 0.25) is 0 Å². The maximum atomic E-state index is 12.6. The van der Waals surface area contributed by atoms with E-state index in [4.69, 9.17) is 9.15 Å². The number of rotatable bonds is 6. The monoisotopic (exact) mass is 473 g/mol. The van der Waals surface area contributed by atoms with Crippen molar-refractivity contribution in [2.75, 3.05) is 45.1 Å². The molecule has 2 amide bonds. The number of hydrogen-bond donors (Lipinski definition) is 0. The molecule has 2 aliphatic heterocycles. The second-order valence-electron chi connectivity index (χ2n) is 7.17. The summed E-state index contributed by atoms with van der Waals surface area (Å²) in [6.07, 6.45) is 1.46. The van der Waals surface area contributed by atoms with Crippen LogP contribution in [0.1, 0.15) is 26.5 Å². The van der Waals surface area contributed by atoms with Gasteiger partial charge < -0.3 is 19.0 Å². The van der Waals surface area contributed by atoms with Crippen molar-refractivity contribution in [1.82, 2.24) is 9.80 Å². The molecular formula is C22H23N3O5S2. The Labute approximate surface area is 194 Å². The lowest BCUT2D eigenvalue weighted by atomic mass is 10.1. The summed E-state index contributed by atoms with van der Waals surface area (Å²) in [4.78, 5) is 45.1. The molecule has 1 aromatic carbocycles. The molecule has 1 fully saturated rings. The number of thioether (sulfide) groups is 2. The quantitative estimate of drug-likeness (QED) is 0.596.